The Hall–Kier alpha value is -1.71. The van der Waals surface area contributed by atoms with Gasteiger partial charge >= 0.3 is 0 Å². The molecule has 0 aliphatic rings. The van der Waals surface area contributed by atoms with Gasteiger partial charge < -0.3 is 5.73 Å². The molecule has 0 bridgehead atoms. The van der Waals surface area contributed by atoms with Gasteiger partial charge in [-0.25, -0.2) is 0 Å². The molecular weight excluding hydrogens is 288 g/mol. The minimum atomic E-state index is 0.712. The molecule has 2 N–H and O–H groups in total. The second kappa shape index (κ2) is 5.73. The van der Waals surface area contributed by atoms with Crippen molar-refractivity contribution < 1.29 is 0 Å². The van der Waals surface area contributed by atoms with Gasteiger partial charge in [-0.2, -0.15) is 0 Å². The maximum Gasteiger partial charge on any atom is 0.0702 e. The van der Waals surface area contributed by atoms with E-state index in [2.05, 4.69) is 23.2 Å². The van der Waals surface area contributed by atoms with Crippen LogP contribution < -0.4 is 5.73 Å². The monoisotopic (exact) mass is 300 g/mol. The number of nitrogens with two attached hydrogens (primary N) is 1. The van der Waals surface area contributed by atoms with Crippen molar-refractivity contribution in [3.8, 4) is 0 Å². The number of anilines is 1. The van der Waals surface area contributed by atoms with Crippen LogP contribution in [0.5, 0.6) is 0 Å². The molecule has 0 spiro atoms. The molecule has 1 aromatic heterocycles. The summed E-state index contributed by atoms with van der Waals surface area (Å²) in [6.45, 7) is 0. The van der Waals surface area contributed by atoms with Crippen molar-refractivity contribution in [1.82, 2.24) is 4.98 Å². The molecule has 2 aromatic carbocycles. The van der Waals surface area contributed by atoms with Gasteiger partial charge in [0.05, 0.1) is 5.52 Å². The lowest BCUT2D eigenvalue weighted by Crippen LogP contribution is -1.89. The van der Waals surface area contributed by atoms with Crippen molar-refractivity contribution in [2.45, 2.75) is 10.6 Å². The summed E-state index contributed by atoms with van der Waals surface area (Å²) in [5, 5.41) is 1.87. The van der Waals surface area contributed by atoms with E-state index in [0.29, 0.717) is 5.02 Å². The van der Waals surface area contributed by atoms with Crippen molar-refractivity contribution in [2.24, 2.45) is 0 Å². The number of hydrogen-bond acceptors (Lipinski definition) is 3. The first-order valence-electron chi connectivity index (χ1n) is 6.24. The topological polar surface area (TPSA) is 38.9 Å². The van der Waals surface area contributed by atoms with Gasteiger partial charge in [0.1, 0.15) is 0 Å². The average molecular weight is 301 g/mol. The van der Waals surface area contributed by atoms with E-state index in [1.165, 1.54) is 5.56 Å². The standard InChI is InChI=1S/C16H13ClN2S/c17-13-4-5-14(18)16(9-13)20-10-11-3-6-15-12(8-11)2-1-7-19-15/h1-9H,10,18H2. The third-order valence-electron chi connectivity index (χ3n) is 3.04. The van der Waals surface area contributed by atoms with E-state index < -0.39 is 0 Å². The first-order valence-corrected chi connectivity index (χ1v) is 7.60. The van der Waals surface area contributed by atoms with E-state index in [4.69, 9.17) is 17.3 Å². The molecule has 0 saturated carbocycles. The van der Waals surface area contributed by atoms with Gasteiger partial charge in [0, 0.05) is 32.9 Å². The highest BCUT2D eigenvalue weighted by Crippen LogP contribution is 2.31. The SMILES string of the molecule is Nc1ccc(Cl)cc1SCc1ccc2ncccc2c1. The minimum Gasteiger partial charge on any atom is -0.398 e. The highest BCUT2D eigenvalue weighted by atomic mass is 35.5. The molecule has 0 saturated heterocycles. The average Bonchev–Trinajstić information content (AvgIpc) is 2.48. The third-order valence-corrected chi connectivity index (χ3v) is 4.41. The number of aromatic nitrogens is 1. The Kier molecular flexibility index (Phi) is 3.81. The van der Waals surface area contributed by atoms with Crippen LogP contribution in [0.15, 0.2) is 59.6 Å². The smallest absolute Gasteiger partial charge is 0.0702 e. The summed E-state index contributed by atoms with van der Waals surface area (Å²) < 4.78 is 0. The van der Waals surface area contributed by atoms with Crippen LogP contribution in [0.2, 0.25) is 5.02 Å². The molecule has 0 radical (unpaired) electrons. The summed E-state index contributed by atoms with van der Waals surface area (Å²) in [5.41, 5.74) is 8.98. The molecule has 0 aliphatic heterocycles. The van der Waals surface area contributed by atoms with Gasteiger partial charge in [0.2, 0.25) is 0 Å². The quantitative estimate of drug-likeness (QED) is 0.560. The fraction of sp³-hybridized carbons (Fsp3) is 0.0625. The van der Waals surface area contributed by atoms with Gasteiger partial charge in [-0.1, -0.05) is 23.7 Å². The Balaban J connectivity index is 1.81. The van der Waals surface area contributed by atoms with Crippen LogP contribution in [0.4, 0.5) is 5.69 Å². The summed E-state index contributed by atoms with van der Waals surface area (Å²) in [6.07, 6.45) is 1.81. The number of thioether (sulfide) groups is 1. The Labute approximate surface area is 127 Å². The predicted octanol–water partition coefficient (Wildman–Crippen LogP) is 4.76. The maximum absolute atomic E-state index is 6.00. The lowest BCUT2D eigenvalue weighted by atomic mass is 10.1. The molecule has 4 heteroatoms. The summed E-state index contributed by atoms with van der Waals surface area (Å²) >= 11 is 7.69. The molecule has 0 aliphatic carbocycles. The van der Waals surface area contributed by atoms with Crippen molar-refractivity contribution in [1.29, 1.82) is 0 Å². The molecule has 20 heavy (non-hydrogen) atoms. The predicted molar refractivity (Wildman–Crippen MR) is 87.2 cm³/mol. The number of nitrogen functional groups attached to an aromatic ring is 1. The Morgan fingerprint density at radius 3 is 2.90 bits per heavy atom. The zero-order valence-corrected chi connectivity index (χ0v) is 12.3. The van der Waals surface area contributed by atoms with Crippen LogP contribution in [-0.2, 0) is 5.75 Å². The lowest BCUT2D eigenvalue weighted by molar-refractivity contribution is 1.37. The zero-order chi connectivity index (χ0) is 13.9. The van der Waals surface area contributed by atoms with Gasteiger partial charge in [-0.05, 0) is 42.0 Å². The first kappa shape index (κ1) is 13.3. The van der Waals surface area contributed by atoms with E-state index >= 15 is 0 Å². The van der Waals surface area contributed by atoms with Crippen molar-refractivity contribution in [3.63, 3.8) is 0 Å². The highest BCUT2D eigenvalue weighted by molar-refractivity contribution is 7.98. The number of fused-ring (bicyclic) bond motifs is 1. The summed E-state index contributed by atoms with van der Waals surface area (Å²) in [6, 6.07) is 15.9. The molecular formula is C16H13ClN2S. The fourth-order valence-electron chi connectivity index (χ4n) is 2.01. The number of hydrogen-bond donors (Lipinski definition) is 1. The molecule has 3 aromatic rings. The first-order chi connectivity index (χ1) is 9.72. The molecule has 3 rings (SSSR count). The van der Waals surface area contributed by atoms with Crippen LogP contribution in [0.1, 0.15) is 5.56 Å². The molecule has 2 nitrogen and oxygen atoms in total. The number of rotatable bonds is 3. The minimum absolute atomic E-state index is 0.712. The number of nitrogens with zero attached hydrogens (tertiary/aromatic N) is 1. The second-order valence-electron chi connectivity index (χ2n) is 4.50. The third kappa shape index (κ3) is 2.89. The number of pyridine rings is 1. The van der Waals surface area contributed by atoms with E-state index in [0.717, 1.165) is 27.2 Å². The molecule has 0 amide bonds. The van der Waals surface area contributed by atoms with E-state index in [9.17, 15) is 0 Å². The highest BCUT2D eigenvalue weighted by Gasteiger charge is 2.03. The van der Waals surface area contributed by atoms with Crippen LogP contribution in [-0.4, -0.2) is 4.98 Å². The van der Waals surface area contributed by atoms with Gasteiger partial charge in [-0.3, -0.25) is 4.98 Å². The Morgan fingerprint density at radius 1 is 1.10 bits per heavy atom. The molecule has 0 fully saturated rings. The number of halogens is 1. The largest absolute Gasteiger partial charge is 0.398 e. The van der Waals surface area contributed by atoms with Crippen molar-refractivity contribution >= 4 is 40.0 Å². The normalized spacial score (nSPS) is 10.8. The van der Waals surface area contributed by atoms with Crippen LogP contribution in [0, 0.1) is 0 Å². The maximum atomic E-state index is 6.00. The van der Waals surface area contributed by atoms with E-state index in [-0.39, 0.29) is 0 Å². The van der Waals surface area contributed by atoms with Crippen molar-refractivity contribution in [3.05, 3.63) is 65.3 Å². The van der Waals surface area contributed by atoms with E-state index in [1.807, 2.05) is 36.5 Å². The zero-order valence-electron chi connectivity index (χ0n) is 10.7. The van der Waals surface area contributed by atoms with Gasteiger partial charge in [0.15, 0.2) is 0 Å². The Bertz CT molecular complexity index is 758. The van der Waals surface area contributed by atoms with Crippen LogP contribution in [0.3, 0.4) is 0 Å². The molecule has 0 atom stereocenters. The summed E-state index contributed by atoms with van der Waals surface area (Å²) in [7, 11) is 0. The lowest BCUT2D eigenvalue weighted by Gasteiger charge is -2.07. The summed E-state index contributed by atoms with van der Waals surface area (Å²) in [5.74, 6) is 0.857. The summed E-state index contributed by atoms with van der Waals surface area (Å²) in [4.78, 5) is 5.34. The second-order valence-corrected chi connectivity index (χ2v) is 5.95. The molecule has 100 valence electrons. The van der Waals surface area contributed by atoms with Gasteiger partial charge in [0.25, 0.3) is 0 Å². The molecule has 0 unspecified atom stereocenters. The number of benzene rings is 2. The van der Waals surface area contributed by atoms with Gasteiger partial charge in [-0.15, -0.1) is 11.8 Å². The fourth-order valence-corrected chi connectivity index (χ4v) is 3.19. The Morgan fingerprint density at radius 2 is 2.00 bits per heavy atom. The van der Waals surface area contributed by atoms with Crippen molar-refractivity contribution in [2.75, 3.05) is 5.73 Å². The van der Waals surface area contributed by atoms with E-state index in [1.54, 1.807) is 11.8 Å². The van der Waals surface area contributed by atoms with Crippen LogP contribution >= 0.6 is 23.4 Å². The van der Waals surface area contributed by atoms with Crippen LogP contribution in [0.25, 0.3) is 10.9 Å². The molecule has 1 heterocycles.